The van der Waals surface area contributed by atoms with Gasteiger partial charge in [0.15, 0.2) is 5.78 Å². The first-order valence-electron chi connectivity index (χ1n) is 16.7. The largest absolute Gasteiger partial charge is 0.507 e. The molecule has 0 fully saturated rings. The highest BCUT2D eigenvalue weighted by Crippen LogP contribution is 2.48. The minimum atomic E-state index is -2.02. The monoisotopic (exact) mass is 697 g/mol. The van der Waals surface area contributed by atoms with Gasteiger partial charge in [-0.1, -0.05) is 46.8 Å². The lowest BCUT2D eigenvalue weighted by Gasteiger charge is -2.38. The Hall–Kier alpha value is -4.33. The Kier molecular flexibility index (Phi) is 11.4. The molecular weight excluding hydrogens is 650 g/mol. The van der Waals surface area contributed by atoms with E-state index in [0.717, 1.165) is 6.08 Å². The number of fused-ring (bicyclic) bond motifs is 15. The fourth-order valence-corrected chi connectivity index (χ4v) is 6.81. The number of amides is 1. The number of hydrogen-bond acceptors (Lipinski definition) is 12. The molecule has 0 radical (unpaired) electrons. The van der Waals surface area contributed by atoms with E-state index in [9.17, 15) is 39.3 Å². The maximum atomic E-state index is 13.9. The van der Waals surface area contributed by atoms with Crippen LogP contribution in [0.2, 0.25) is 0 Å². The maximum Gasteiger partial charge on any atom is 0.312 e. The Balaban J connectivity index is 1.80. The minimum Gasteiger partial charge on any atom is -0.507 e. The van der Waals surface area contributed by atoms with Gasteiger partial charge in [-0.25, -0.2) is 0 Å². The zero-order valence-corrected chi connectivity index (χ0v) is 29.8. The fourth-order valence-electron chi connectivity index (χ4n) is 6.81. The number of carbonyl (C=O) groups is 5. The number of aliphatic hydroxyl groups excluding tert-OH is 2. The van der Waals surface area contributed by atoms with Gasteiger partial charge < -0.3 is 39.6 Å². The summed E-state index contributed by atoms with van der Waals surface area (Å²) in [6.07, 6.45) is 3.41. The summed E-state index contributed by atoms with van der Waals surface area (Å²) in [5.74, 6) is -9.35. The van der Waals surface area contributed by atoms with Gasteiger partial charge in [0, 0.05) is 62.2 Å². The summed E-state index contributed by atoms with van der Waals surface area (Å²) in [7, 11) is 1.42. The summed E-state index contributed by atoms with van der Waals surface area (Å²) in [4.78, 5) is 66.3. The number of esters is 1. The van der Waals surface area contributed by atoms with Crippen molar-refractivity contribution in [2.45, 2.75) is 92.0 Å². The second-order valence-electron chi connectivity index (χ2n) is 13.7. The van der Waals surface area contributed by atoms with E-state index in [2.05, 4.69) is 5.32 Å². The Morgan fingerprint density at radius 1 is 0.960 bits per heavy atom. The minimum absolute atomic E-state index is 0.0202. The van der Waals surface area contributed by atoms with Crippen molar-refractivity contribution in [1.29, 1.82) is 0 Å². The van der Waals surface area contributed by atoms with Gasteiger partial charge >= 0.3 is 11.8 Å². The number of ether oxygens (including phenoxy) is 4. The Bertz CT molecular complexity index is 1660. The van der Waals surface area contributed by atoms with Crippen molar-refractivity contribution in [2.75, 3.05) is 7.11 Å². The molecule has 1 amide bonds. The highest BCUT2D eigenvalue weighted by atomic mass is 16.7. The van der Waals surface area contributed by atoms with Crippen molar-refractivity contribution in [3.05, 3.63) is 58.5 Å². The summed E-state index contributed by atoms with van der Waals surface area (Å²) in [6.45, 7) is 12.5. The van der Waals surface area contributed by atoms with Crippen molar-refractivity contribution in [2.24, 2.45) is 29.6 Å². The molecule has 13 nitrogen and oxygen atoms in total. The predicted octanol–water partition coefficient (Wildman–Crippen LogP) is 3.71. The van der Waals surface area contributed by atoms with Crippen LogP contribution in [-0.4, -0.2) is 81.9 Å². The lowest BCUT2D eigenvalue weighted by Crippen LogP contribution is -2.46. The van der Waals surface area contributed by atoms with Crippen molar-refractivity contribution in [3.63, 3.8) is 0 Å². The molecule has 1 aliphatic carbocycles. The number of phenolic OH excluding ortho intramolecular Hbond substituents is 1. The van der Waals surface area contributed by atoms with E-state index < -0.39 is 100 Å². The number of rotatable bonds is 2. The first kappa shape index (κ1) is 38.5. The van der Waals surface area contributed by atoms with Gasteiger partial charge in [-0.2, -0.15) is 0 Å². The van der Waals surface area contributed by atoms with E-state index in [4.69, 9.17) is 18.9 Å². The number of Topliss-reactive ketones (excluding diaryl/α,β-unsaturated/α-hetero) is 2. The second kappa shape index (κ2) is 14.9. The van der Waals surface area contributed by atoms with Gasteiger partial charge in [-0.05, 0) is 19.4 Å². The molecule has 1 aromatic rings. The Morgan fingerprint density at radius 3 is 2.24 bits per heavy atom. The molecule has 1 aromatic carbocycles. The van der Waals surface area contributed by atoms with E-state index in [1.54, 1.807) is 46.8 Å². The molecule has 0 saturated carbocycles. The first-order valence-corrected chi connectivity index (χ1v) is 16.7. The van der Waals surface area contributed by atoms with Crippen molar-refractivity contribution >= 4 is 29.2 Å². The molecule has 0 aromatic heterocycles. The number of carbonyl (C=O) groups excluding carboxylic acids is 5. The van der Waals surface area contributed by atoms with Crippen LogP contribution >= 0.6 is 0 Å². The Morgan fingerprint density at radius 2 is 1.62 bits per heavy atom. The van der Waals surface area contributed by atoms with E-state index in [0.29, 0.717) is 0 Å². The van der Waals surface area contributed by atoms with E-state index in [-0.39, 0.29) is 34.6 Å². The van der Waals surface area contributed by atoms with E-state index >= 15 is 0 Å². The molecule has 0 spiro atoms. The normalized spacial score (nSPS) is 35.0. The number of hydrogen-bond donors (Lipinski definition) is 4. The first-order chi connectivity index (χ1) is 23.4. The highest BCUT2D eigenvalue weighted by molar-refractivity contribution is 6.30. The van der Waals surface area contributed by atoms with Crippen LogP contribution in [0.3, 0.4) is 0 Å². The van der Waals surface area contributed by atoms with Crippen LogP contribution in [0.1, 0.15) is 91.5 Å². The van der Waals surface area contributed by atoms with E-state index in [1.807, 2.05) is 0 Å². The number of phenols is 1. The van der Waals surface area contributed by atoms with Crippen LogP contribution < -0.4 is 10.1 Å². The SMILES string of the molecule is CO[C@H]1/C=C\O[C@@]2(C)Oc3c(C)c(O)c4c(c3C2=O)C(=O)C=C(NC(=O)C(C)C/C=C\[C@H](C)[C@H](O)[C@@H](C)[C@@H](O)[C@@H](C)[C@H](OC(C)=O)[C@@H]1C)C4=O. The number of methoxy groups -OCH3 is 1. The van der Waals surface area contributed by atoms with Gasteiger partial charge in [0.05, 0.1) is 47.0 Å². The maximum absolute atomic E-state index is 13.9. The third-order valence-corrected chi connectivity index (χ3v) is 10.1. The molecular formula is C37H47NO12. The molecule has 1 unspecified atom stereocenters. The van der Waals surface area contributed by atoms with Crippen molar-refractivity contribution in [1.82, 2.24) is 5.32 Å². The third-order valence-electron chi connectivity index (χ3n) is 10.1. The van der Waals surface area contributed by atoms with Gasteiger partial charge in [0.1, 0.15) is 17.6 Å². The zero-order valence-electron chi connectivity index (χ0n) is 29.8. The molecule has 4 N–H and O–H groups in total. The highest BCUT2D eigenvalue weighted by Gasteiger charge is 2.51. The fraction of sp³-hybridized carbons (Fsp3) is 0.541. The summed E-state index contributed by atoms with van der Waals surface area (Å²) in [5, 5.41) is 36.2. The molecule has 10 atom stereocenters. The lowest BCUT2D eigenvalue weighted by molar-refractivity contribution is -0.160. The summed E-state index contributed by atoms with van der Waals surface area (Å²) in [5.41, 5.74) is -1.36. The summed E-state index contributed by atoms with van der Waals surface area (Å²) < 4.78 is 23.1. The van der Waals surface area contributed by atoms with Crippen molar-refractivity contribution in [3.8, 4) is 11.5 Å². The van der Waals surface area contributed by atoms with Gasteiger partial charge in [-0.15, -0.1) is 0 Å². The third kappa shape index (κ3) is 7.12. The van der Waals surface area contributed by atoms with Gasteiger partial charge in [0.2, 0.25) is 11.7 Å². The summed E-state index contributed by atoms with van der Waals surface area (Å²) in [6, 6.07) is 0. The topological polar surface area (TPSA) is 195 Å². The number of aliphatic hydroxyl groups is 2. The van der Waals surface area contributed by atoms with Crippen LogP contribution in [0, 0.1) is 36.5 Å². The number of ketones is 3. The van der Waals surface area contributed by atoms with E-state index in [1.165, 1.54) is 40.2 Å². The van der Waals surface area contributed by atoms with Gasteiger partial charge in [-0.3, -0.25) is 24.0 Å². The molecule has 5 rings (SSSR count). The quantitative estimate of drug-likeness (QED) is 0.259. The zero-order chi connectivity index (χ0) is 37.4. The number of nitrogens with one attached hydrogen (secondary N) is 1. The molecule has 4 aliphatic rings. The second-order valence-corrected chi connectivity index (χ2v) is 13.7. The smallest absolute Gasteiger partial charge is 0.312 e. The lowest BCUT2D eigenvalue weighted by atomic mass is 9.78. The molecule has 0 saturated heterocycles. The molecule has 3 aliphatic heterocycles. The molecule has 3 heterocycles. The average Bonchev–Trinajstić information content (AvgIpc) is 3.33. The molecule has 272 valence electrons. The van der Waals surface area contributed by atoms with Crippen LogP contribution in [0.5, 0.6) is 11.5 Å². The van der Waals surface area contributed by atoms with Crippen LogP contribution in [0.25, 0.3) is 0 Å². The van der Waals surface area contributed by atoms with Crippen LogP contribution in [0.4, 0.5) is 0 Å². The average molecular weight is 698 g/mol. The Labute approximate surface area is 291 Å². The van der Waals surface area contributed by atoms with Crippen molar-refractivity contribution < 1.29 is 58.2 Å². The number of aromatic hydroxyl groups is 1. The summed E-state index contributed by atoms with van der Waals surface area (Å²) >= 11 is 0. The van der Waals surface area contributed by atoms with Gasteiger partial charge in [0.25, 0.3) is 5.78 Å². The number of allylic oxidation sites excluding steroid dienone is 3. The standard InChI is InChI=1S/C37H47NO12/c1-16-11-10-12-17(2)36(46)38-23-15-24(40)26-27(32(23)44)31(43)21(6)34-28(26)35(45)37(8,50-34)48-14-13-25(47-9)18(3)33(49-22(7)39)20(5)30(42)19(4)29(16)41/h10-11,13-20,25,29-30,33,41-43H,12H2,1-9H3,(H,38,46)/b11-10-,14-13-/t16-,17?,18+,19+,20+,25-,29-,30+,33+,37-/m0/s1. The molecule has 50 heavy (non-hydrogen) atoms. The van der Waals surface area contributed by atoms with Crippen LogP contribution in [-0.2, 0) is 23.8 Å². The predicted molar refractivity (Wildman–Crippen MR) is 179 cm³/mol. The number of benzene rings is 1. The molecule has 13 heteroatoms. The molecule has 5 bridgehead atoms. The van der Waals surface area contributed by atoms with Crippen LogP contribution in [0.15, 0.2) is 36.3 Å².